The number of alkyl halides is 1. The molecule has 3 heteroatoms. The summed E-state index contributed by atoms with van der Waals surface area (Å²) in [5, 5.41) is 0. The Balaban J connectivity index is 0.00000151. The molecule has 0 radical (unpaired) electrons. The second-order valence-electron chi connectivity index (χ2n) is 6.48. The molecule has 0 heterocycles. The van der Waals surface area contributed by atoms with Crippen LogP contribution in [0.3, 0.4) is 0 Å². The molecule has 1 atom stereocenters. The summed E-state index contributed by atoms with van der Waals surface area (Å²) in [6.45, 7) is 5.01. The molecule has 0 aliphatic carbocycles. The summed E-state index contributed by atoms with van der Waals surface area (Å²) < 4.78 is 0. The third kappa shape index (κ3) is 4.71. The molecule has 0 spiro atoms. The number of hydrogen-bond acceptors (Lipinski definition) is 2. The molecular formula is C22H30ClNO. The van der Waals surface area contributed by atoms with Gasteiger partial charge in [0, 0.05) is 19.3 Å². The van der Waals surface area contributed by atoms with Gasteiger partial charge in [-0.05, 0) is 31.1 Å². The Kier molecular flexibility index (Phi) is 8.88. The number of benzene rings is 2. The van der Waals surface area contributed by atoms with Crippen molar-refractivity contribution in [2.75, 3.05) is 27.0 Å². The van der Waals surface area contributed by atoms with Crippen LogP contribution in [0.2, 0.25) is 0 Å². The lowest BCUT2D eigenvalue weighted by atomic mass is 9.63. The third-order valence-electron chi connectivity index (χ3n) is 4.60. The van der Waals surface area contributed by atoms with E-state index in [-0.39, 0.29) is 11.7 Å². The van der Waals surface area contributed by atoms with Gasteiger partial charge in [0.2, 0.25) is 0 Å². The average molecular weight is 360 g/mol. The van der Waals surface area contributed by atoms with Crippen LogP contribution in [-0.2, 0) is 10.2 Å². The van der Waals surface area contributed by atoms with Crippen LogP contribution in [-0.4, -0.2) is 37.7 Å². The highest BCUT2D eigenvalue weighted by Gasteiger charge is 2.45. The van der Waals surface area contributed by atoms with E-state index >= 15 is 0 Å². The highest BCUT2D eigenvalue weighted by atomic mass is 35.5. The van der Waals surface area contributed by atoms with Crippen LogP contribution < -0.4 is 0 Å². The van der Waals surface area contributed by atoms with Crippen LogP contribution in [0.15, 0.2) is 60.7 Å². The molecular weight excluding hydrogens is 330 g/mol. The van der Waals surface area contributed by atoms with E-state index < -0.39 is 5.41 Å². The number of ketones is 1. The zero-order chi connectivity index (χ0) is 18.9. The number of carbonyl (C=O) groups excluding carboxylic acids is 1. The lowest BCUT2D eigenvalue weighted by molar-refractivity contribution is -0.124. The number of nitrogens with zero attached hydrogens (tertiary/aromatic N) is 1. The molecule has 0 aliphatic heterocycles. The van der Waals surface area contributed by atoms with E-state index in [1.807, 2.05) is 43.3 Å². The van der Waals surface area contributed by atoms with Gasteiger partial charge in [0.25, 0.3) is 0 Å². The van der Waals surface area contributed by atoms with Gasteiger partial charge in [-0.3, -0.25) is 4.79 Å². The summed E-state index contributed by atoms with van der Waals surface area (Å²) in [5.41, 5.74) is 1.58. The second-order valence-corrected chi connectivity index (χ2v) is 6.48. The van der Waals surface area contributed by atoms with Crippen LogP contribution in [0.25, 0.3) is 0 Å². The first-order valence-corrected chi connectivity index (χ1v) is 9.45. The largest absolute Gasteiger partial charge is 0.309 e. The molecule has 136 valence electrons. The first kappa shape index (κ1) is 21.4. The van der Waals surface area contributed by atoms with E-state index in [0.717, 1.165) is 17.7 Å². The van der Waals surface area contributed by atoms with Crippen molar-refractivity contribution in [1.29, 1.82) is 0 Å². The first-order chi connectivity index (χ1) is 12.0. The van der Waals surface area contributed by atoms with E-state index in [1.165, 1.54) is 6.38 Å². The van der Waals surface area contributed by atoms with E-state index in [0.29, 0.717) is 6.42 Å². The van der Waals surface area contributed by atoms with Crippen molar-refractivity contribution in [3.8, 4) is 0 Å². The molecule has 0 saturated heterocycles. The van der Waals surface area contributed by atoms with Gasteiger partial charge in [-0.15, -0.1) is 11.6 Å². The fraction of sp³-hybridized carbons (Fsp3) is 0.409. The highest BCUT2D eigenvalue weighted by Crippen LogP contribution is 2.41. The van der Waals surface area contributed by atoms with E-state index in [9.17, 15) is 4.79 Å². The van der Waals surface area contributed by atoms with Crippen molar-refractivity contribution in [2.45, 2.75) is 25.7 Å². The minimum Gasteiger partial charge on any atom is -0.309 e. The molecule has 2 aromatic rings. The Morgan fingerprint density at radius 2 is 1.36 bits per heavy atom. The summed E-state index contributed by atoms with van der Waals surface area (Å²) in [6, 6.07) is 20.5. The third-order valence-corrected chi connectivity index (χ3v) is 4.60. The van der Waals surface area contributed by atoms with Crippen LogP contribution in [0, 0.1) is 5.92 Å². The highest BCUT2D eigenvalue weighted by molar-refractivity contribution is 6.15. The van der Waals surface area contributed by atoms with Crippen LogP contribution >= 0.6 is 11.6 Å². The van der Waals surface area contributed by atoms with Crippen molar-refractivity contribution >= 4 is 17.4 Å². The Hall–Kier alpha value is -1.64. The molecule has 0 N–H and O–H groups in total. The summed E-state index contributed by atoms with van der Waals surface area (Å²) in [6.07, 6.45) is 2.00. The van der Waals surface area contributed by atoms with Crippen molar-refractivity contribution in [3.05, 3.63) is 71.8 Å². The number of carbonyl (C=O) groups is 1. The molecule has 2 rings (SSSR count). The van der Waals surface area contributed by atoms with Crippen LogP contribution in [0.4, 0.5) is 0 Å². The fourth-order valence-corrected chi connectivity index (χ4v) is 3.70. The molecule has 0 aliphatic rings. The maximum Gasteiger partial charge on any atom is 0.147 e. The second kappa shape index (κ2) is 10.4. The standard InChI is InChI=1S/C21H27NO.CH3Cl/c1-5-20(23)21(17(2)16-22(3)4,18-12-8-6-9-13-18)19-14-10-7-11-15-19;1-2/h6-15,17H,5,16H2,1-4H3;1H3. The normalized spacial score (nSPS) is 12.3. The number of halogens is 1. The smallest absolute Gasteiger partial charge is 0.147 e. The Bertz CT molecular complexity index is 585. The van der Waals surface area contributed by atoms with Gasteiger partial charge in [0.1, 0.15) is 5.78 Å². The molecule has 0 bridgehead atoms. The molecule has 0 aromatic heterocycles. The van der Waals surface area contributed by atoms with E-state index in [4.69, 9.17) is 0 Å². The lowest BCUT2D eigenvalue weighted by Crippen LogP contribution is -2.46. The summed E-state index contributed by atoms with van der Waals surface area (Å²) in [4.78, 5) is 15.4. The Morgan fingerprint density at radius 1 is 0.960 bits per heavy atom. The maximum atomic E-state index is 13.2. The fourth-order valence-electron chi connectivity index (χ4n) is 3.70. The van der Waals surface area contributed by atoms with Gasteiger partial charge in [-0.1, -0.05) is 74.5 Å². The minimum absolute atomic E-state index is 0.176. The van der Waals surface area contributed by atoms with Crippen LogP contribution in [0.5, 0.6) is 0 Å². The van der Waals surface area contributed by atoms with Crippen LogP contribution in [0.1, 0.15) is 31.4 Å². The van der Waals surface area contributed by atoms with Crippen molar-refractivity contribution in [3.63, 3.8) is 0 Å². The summed E-state index contributed by atoms with van der Waals surface area (Å²) in [5.74, 6) is 0.457. The van der Waals surface area contributed by atoms with Gasteiger partial charge in [0.05, 0.1) is 5.41 Å². The SMILES string of the molecule is CCC(=O)C(c1ccccc1)(c1ccccc1)C(C)CN(C)C.CCl. The number of Topliss-reactive ketones (excluding diaryl/α,β-unsaturated/α-hetero) is 1. The lowest BCUT2D eigenvalue weighted by Gasteiger charge is -2.40. The predicted octanol–water partition coefficient (Wildman–Crippen LogP) is 5.00. The van der Waals surface area contributed by atoms with Crippen molar-refractivity contribution < 1.29 is 4.79 Å². The molecule has 0 fully saturated rings. The molecule has 2 nitrogen and oxygen atoms in total. The number of rotatable bonds is 7. The van der Waals surface area contributed by atoms with Gasteiger partial charge < -0.3 is 4.90 Å². The molecule has 25 heavy (non-hydrogen) atoms. The number of hydrogen-bond donors (Lipinski definition) is 0. The molecule has 0 amide bonds. The zero-order valence-corrected chi connectivity index (χ0v) is 16.8. The molecule has 2 aromatic carbocycles. The van der Waals surface area contributed by atoms with Gasteiger partial charge >= 0.3 is 0 Å². The van der Waals surface area contributed by atoms with Gasteiger partial charge in [0.15, 0.2) is 0 Å². The van der Waals surface area contributed by atoms with E-state index in [1.54, 1.807) is 0 Å². The molecule has 1 unspecified atom stereocenters. The quantitative estimate of drug-likeness (QED) is 0.648. The Labute approximate surface area is 157 Å². The average Bonchev–Trinajstić information content (AvgIpc) is 2.65. The van der Waals surface area contributed by atoms with Crippen molar-refractivity contribution in [2.24, 2.45) is 5.92 Å². The topological polar surface area (TPSA) is 20.3 Å². The first-order valence-electron chi connectivity index (χ1n) is 8.70. The van der Waals surface area contributed by atoms with E-state index in [2.05, 4.69) is 61.8 Å². The molecule has 0 saturated carbocycles. The predicted molar refractivity (Wildman–Crippen MR) is 108 cm³/mol. The summed E-state index contributed by atoms with van der Waals surface area (Å²) in [7, 11) is 4.13. The maximum absolute atomic E-state index is 13.2. The summed E-state index contributed by atoms with van der Waals surface area (Å²) >= 11 is 4.64. The zero-order valence-electron chi connectivity index (χ0n) is 16.0. The Morgan fingerprint density at radius 3 is 1.68 bits per heavy atom. The monoisotopic (exact) mass is 359 g/mol. The van der Waals surface area contributed by atoms with Gasteiger partial charge in [-0.25, -0.2) is 0 Å². The van der Waals surface area contributed by atoms with Gasteiger partial charge in [-0.2, -0.15) is 0 Å². The van der Waals surface area contributed by atoms with Crippen molar-refractivity contribution in [1.82, 2.24) is 4.90 Å². The minimum atomic E-state index is -0.596.